The lowest BCUT2D eigenvalue weighted by Gasteiger charge is -2.24. The minimum atomic E-state index is -0.511. The molecule has 0 radical (unpaired) electrons. The number of rotatable bonds is 9. The molecule has 0 amide bonds. The van der Waals surface area contributed by atoms with Crippen LogP contribution in [0, 0.1) is 6.92 Å². The number of methoxy groups -OCH3 is 1. The van der Waals surface area contributed by atoms with Gasteiger partial charge in [0.15, 0.2) is 0 Å². The maximum Gasteiger partial charge on any atom is 0.342 e. The second-order valence-corrected chi connectivity index (χ2v) is 8.15. The Balaban J connectivity index is 2.09. The molecule has 0 saturated carbocycles. The van der Waals surface area contributed by atoms with Crippen LogP contribution >= 0.6 is 0 Å². The zero-order chi connectivity index (χ0) is 21.8. The van der Waals surface area contributed by atoms with Crippen molar-refractivity contribution in [3.8, 4) is 11.5 Å². The highest BCUT2D eigenvalue weighted by molar-refractivity contribution is 5.98. The van der Waals surface area contributed by atoms with Crippen LogP contribution in [0.15, 0.2) is 11.6 Å². The van der Waals surface area contributed by atoms with Gasteiger partial charge >= 0.3 is 11.9 Å². The standard InChI is InChI=1S/C23H32O6/c1-7-12-23(4,5)29-18(24)11-9-14(2)8-10-16-20(25)19-17(13-28-22(19)26)15(3)21(16)27-6/h8,25H,7,9-13H2,1-6H3/b14-8+. The fraction of sp³-hybridized carbons (Fsp3) is 0.565. The Morgan fingerprint density at radius 1 is 1.31 bits per heavy atom. The summed E-state index contributed by atoms with van der Waals surface area (Å²) in [6, 6.07) is 0. The molecule has 1 aliphatic heterocycles. The van der Waals surface area contributed by atoms with Gasteiger partial charge in [-0.2, -0.15) is 0 Å². The number of benzene rings is 1. The van der Waals surface area contributed by atoms with E-state index in [4.69, 9.17) is 14.2 Å². The predicted octanol–water partition coefficient (Wildman–Crippen LogP) is 4.77. The zero-order valence-electron chi connectivity index (χ0n) is 18.3. The number of allylic oxidation sites excluding steroid dienone is 2. The SMILES string of the molecule is CCCC(C)(C)OC(=O)CC/C(C)=C/Cc1c(O)c2c(c(C)c1OC)COC2=O. The summed E-state index contributed by atoms with van der Waals surface area (Å²) >= 11 is 0. The Hall–Kier alpha value is -2.50. The predicted molar refractivity (Wildman–Crippen MR) is 110 cm³/mol. The molecule has 0 unspecified atom stereocenters. The summed E-state index contributed by atoms with van der Waals surface area (Å²) in [5.41, 5.74) is 2.80. The number of cyclic esters (lactones) is 1. The largest absolute Gasteiger partial charge is 0.507 e. The van der Waals surface area contributed by atoms with Crippen molar-refractivity contribution in [1.82, 2.24) is 0 Å². The van der Waals surface area contributed by atoms with E-state index in [1.165, 1.54) is 0 Å². The van der Waals surface area contributed by atoms with Crippen molar-refractivity contribution in [2.75, 3.05) is 7.11 Å². The van der Waals surface area contributed by atoms with Crippen LogP contribution in [0.5, 0.6) is 11.5 Å². The van der Waals surface area contributed by atoms with Gasteiger partial charge in [-0.15, -0.1) is 0 Å². The third-order valence-corrected chi connectivity index (χ3v) is 5.27. The van der Waals surface area contributed by atoms with Gasteiger partial charge in [-0.05, 0) is 52.5 Å². The van der Waals surface area contributed by atoms with E-state index < -0.39 is 11.6 Å². The summed E-state index contributed by atoms with van der Waals surface area (Å²) in [4.78, 5) is 24.1. The molecule has 1 aromatic rings. The number of ether oxygens (including phenoxy) is 3. The van der Waals surface area contributed by atoms with Crippen LogP contribution in [0.1, 0.15) is 80.4 Å². The molecule has 1 aromatic carbocycles. The van der Waals surface area contributed by atoms with Gasteiger partial charge in [-0.3, -0.25) is 4.79 Å². The van der Waals surface area contributed by atoms with Gasteiger partial charge in [0.05, 0.1) is 7.11 Å². The summed E-state index contributed by atoms with van der Waals surface area (Å²) in [5.74, 6) is -0.255. The lowest BCUT2D eigenvalue weighted by molar-refractivity contribution is -0.157. The fourth-order valence-electron chi connectivity index (χ4n) is 3.72. The molecule has 6 nitrogen and oxygen atoms in total. The molecular formula is C23H32O6. The lowest BCUT2D eigenvalue weighted by atomic mass is 9.94. The Morgan fingerprint density at radius 3 is 2.62 bits per heavy atom. The molecule has 6 heteroatoms. The van der Waals surface area contributed by atoms with Crippen LogP contribution in [0.25, 0.3) is 0 Å². The van der Waals surface area contributed by atoms with Crippen molar-refractivity contribution in [3.05, 3.63) is 33.9 Å². The molecule has 1 heterocycles. The molecule has 0 fully saturated rings. The molecule has 1 aliphatic rings. The van der Waals surface area contributed by atoms with E-state index in [2.05, 4.69) is 6.92 Å². The van der Waals surface area contributed by atoms with Gasteiger partial charge < -0.3 is 19.3 Å². The van der Waals surface area contributed by atoms with Crippen molar-refractivity contribution in [1.29, 1.82) is 0 Å². The fourth-order valence-corrected chi connectivity index (χ4v) is 3.72. The first-order valence-electron chi connectivity index (χ1n) is 10.1. The monoisotopic (exact) mass is 404 g/mol. The van der Waals surface area contributed by atoms with Crippen LogP contribution < -0.4 is 4.74 Å². The number of hydrogen-bond acceptors (Lipinski definition) is 6. The molecule has 0 saturated heterocycles. The molecule has 0 aliphatic carbocycles. The summed E-state index contributed by atoms with van der Waals surface area (Å²) in [5, 5.41) is 10.6. The Labute approximate surface area is 172 Å². The molecule has 0 bridgehead atoms. The normalized spacial score (nSPS) is 13.9. The van der Waals surface area contributed by atoms with Crippen molar-refractivity contribution < 1.29 is 28.9 Å². The average Bonchev–Trinajstić information content (AvgIpc) is 3.03. The van der Waals surface area contributed by atoms with E-state index in [-0.39, 0.29) is 23.9 Å². The first-order chi connectivity index (χ1) is 13.6. The van der Waals surface area contributed by atoms with E-state index in [1.54, 1.807) is 7.11 Å². The highest BCUT2D eigenvalue weighted by Crippen LogP contribution is 2.42. The van der Waals surface area contributed by atoms with E-state index in [9.17, 15) is 14.7 Å². The zero-order valence-corrected chi connectivity index (χ0v) is 18.3. The Kier molecular flexibility index (Phi) is 7.33. The molecule has 2 rings (SSSR count). The topological polar surface area (TPSA) is 82.1 Å². The Bertz CT molecular complexity index is 819. The minimum absolute atomic E-state index is 0.0882. The summed E-state index contributed by atoms with van der Waals surface area (Å²) in [6.07, 6.45) is 4.97. The van der Waals surface area contributed by atoms with Crippen molar-refractivity contribution in [3.63, 3.8) is 0 Å². The first-order valence-corrected chi connectivity index (χ1v) is 10.1. The molecular weight excluding hydrogens is 372 g/mol. The van der Waals surface area contributed by atoms with Gasteiger partial charge in [0.2, 0.25) is 0 Å². The second-order valence-electron chi connectivity index (χ2n) is 8.15. The number of carbonyl (C=O) groups is 2. The first kappa shape index (κ1) is 22.8. The van der Waals surface area contributed by atoms with Crippen molar-refractivity contribution in [2.45, 2.75) is 78.9 Å². The minimum Gasteiger partial charge on any atom is -0.507 e. The smallest absolute Gasteiger partial charge is 0.342 e. The summed E-state index contributed by atoms with van der Waals surface area (Å²) in [7, 11) is 1.54. The molecule has 1 N–H and O–H groups in total. The van der Waals surface area contributed by atoms with E-state index >= 15 is 0 Å². The number of aromatic hydroxyl groups is 1. The maximum absolute atomic E-state index is 12.1. The van der Waals surface area contributed by atoms with Crippen LogP contribution in [0.3, 0.4) is 0 Å². The number of carbonyl (C=O) groups excluding carboxylic acids is 2. The van der Waals surface area contributed by atoms with E-state index in [0.29, 0.717) is 36.1 Å². The molecule has 29 heavy (non-hydrogen) atoms. The molecule has 0 aromatic heterocycles. The van der Waals surface area contributed by atoms with Gasteiger partial charge in [0.1, 0.15) is 29.3 Å². The second kappa shape index (κ2) is 9.33. The van der Waals surface area contributed by atoms with Crippen LogP contribution in [0.4, 0.5) is 0 Å². The summed E-state index contributed by atoms with van der Waals surface area (Å²) in [6.45, 7) is 9.85. The molecule has 160 valence electrons. The average molecular weight is 405 g/mol. The van der Waals surface area contributed by atoms with Crippen molar-refractivity contribution >= 4 is 11.9 Å². The van der Waals surface area contributed by atoms with Crippen LogP contribution in [-0.4, -0.2) is 29.8 Å². The highest BCUT2D eigenvalue weighted by atomic mass is 16.6. The summed E-state index contributed by atoms with van der Waals surface area (Å²) < 4.78 is 16.1. The molecule has 0 atom stereocenters. The number of esters is 2. The van der Waals surface area contributed by atoms with Gasteiger partial charge in [0.25, 0.3) is 0 Å². The maximum atomic E-state index is 12.1. The highest BCUT2D eigenvalue weighted by Gasteiger charge is 2.31. The Morgan fingerprint density at radius 2 is 2.00 bits per heavy atom. The molecule has 0 spiro atoms. The quantitative estimate of drug-likeness (QED) is 0.472. The van der Waals surface area contributed by atoms with E-state index in [1.807, 2.05) is 33.8 Å². The number of fused-ring (bicyclic) bond motifs is 1. The van der Waals surface area contributed by atoms with Crippen LogP contribution in [-0.2, 0) is 27.3 Å². The third-order valence-electron chi connectivity index (χ3n) is 5.27. The van der Waals surface area contributed by atoms with E-state index in [0.717, 1.165) is 24.0 Å². The van der Waals surface area contributed by atoms with Gasteiger partial charge in [0, 0.05) is 17.5 Å². The lowest BCUT2D eigenvalue weighted by Crippen LogP contribution is -2.27. The third kappa shape index (κ3) is 5.31. The van der Waals surface area contributed by atoms with Crippen molar-refractivity contribution in [2.24, 2.45) is 0 Å². The van der Waals surface area contributed by atoms with Gasteiger partial charge in [-0.25, -0.2) is 4.79 Å². The van der Waals surface area contributed by atoms with Crippen LogP contribution in [0.2, 0.25) is 0 Å². The number of phenolic OH excluding ortho intramolecular Hbond substituents is 1. The number of phenols is 1. The van der Waals surface area contributed by atoms with Gasteiger partial charge in [-0.1, -0.05) is 25.0 Å². The number of hydrogen-bond donors (Lipinski definition) is 1.